The van der Waals surface area contributed by atoms with Crippen LogP contribution < -0.4 is 16.6 Å². The Morgan fingerprint density at radius 2 is 1.50 bits per heavy atom. The van der Waals surface area contributed by atoms with Gasteiger partial charge in [0, 0.05) is 5.69 Å². The molecule has 6 nitrogen and oxygen atoms in total. The topological polar surface area (TPSA) is 73.1 Å². The summed E-state index contributed by atoms with van der Waals surface area (Å²) in [7, 11) is 0. The first-order chi connectivity index (χ1) is 14.5. The number of rotatable bonds is 5. The molecule has 1 N–H and O–H groups in total. The Hall–Kier alpha value is -3.93. The highest BCUT2D eigenvalue weighted by atomic mass is 16.2. The van der Waals surface area contributed by atoms with Crippen LogP contribution in [0, 0.1) is 6.92 Å². The van der Waals surface area contributed by atoms with Crippen molar-refractivity contribution in [1.82, 2.24) is 9.13 Å². The van der Waals surface area contributed by atoms with E-state index in [0.717, 1.165) is 11.1 Å². The van der Waals surface area contributed by atoms with Gasteiger partial charge in [0.15, 0.2) is 0 Å². The minimum atomic E-state index is -0.512. The second kappa shape index (κ2) is 8.21. The summed E-state index contributed by atoms with van der Waals surface area (Å²) in [4.78, 5) is 38.8. The van der Waals surface area contributed by atoms with Crippen molar-refractivity contribution in [3.63, 3.8) is 0 Å². The number of benzene rings is 3. The molecular weight excluding hydrogens is 378 g/mol. The zero-order valence-electron chi connectivity index (χ0n) is 16.5. The number of amides is 1. The molecule has 1 aromatic heterocycles. The SMILES string of the molecule is Cc1ccc(Cn2c(=O)c3ccccc3n(CC(=O)Nc3ccccc3)c2=O)cc1. The number of hydrogen-bond acceptors (Lipinski definition) is 3. The molecule has 0 fully saturated rings. The predicted octanol–water partition coefficient (Wildman–Crippen LogP) is 3.16. The van der Waals surface area contributed by atoms with Gasteiger partial charge in [-0.3, -0.25) is 18.7 Å². The number of para-hydroxylation sites is 2. The largest absolute Gasteiger partial charge is 0.332 e. The number of aryl methyl sites for hydroxylation is 1. The molecule has 0 aliphatic rings. The van der Waals surface area contributed by atoms with E-state index in [2.05, 4.69) is 5.32 Å². The van der Waals surface area contributed by atoms with Crippen molar-refractivity contribution >= 4 is 22.5 Å². The van der Waals surface area contributed by atoms with E-state index in [1.807, 2.05) is 49.4 Å². The molecular formula is C24H21N3O3. The zero-order chi connectivity index (χ0) is 21.1. The van der Waals surface area contributed by atoms with Crippen LogP contribution in [-0.2, 0) is 17.9 Å². The first kappa shape index (κ1) is 19.4. The van der Waals surface area contributed by atoms with E-state index in [9.17, 15) is 14.4 Å². The highest BCUT2D eigenvalue weighted by Crippen LogP contribution is 2.10. The maximum Gasteiger partial charge on any atom is 0.332 e. The molecule has 3 aromatic carbocycles. The molecule has 4 aromatic rings. The van der Waals surface area contributed by atoms with Crippen molar-refractivity contribution in [3.05, 3.63) is 111 Å². The van der Waals surface area contributed by atoms with E-state index >= 15 is 0 Å². The third-order valence-electron chi connectivity index (χ3n) is 4.95. The average molecular weight is 399 g/mol. The smallest absolute Gasteiger partial charge is 0.325 e. The van der Waals surface area contributed by atoms with Gasteiger partial charge in [0.2, 0.25) is 5.91 Å². The van der Waals surface area contributed by atoms with Gasteiger partial charge in [0.25, 0.3) is 5.56 Å². The predicted molar refractivity (Wildman–Crippen MR) is 118 cm³/mol. The Kier molecular flexibility index (Phi) is 5.30. The van der Waals surface area contributed by atoms with Gasteiger partial charge >= 0.3 is 5.69 Å². The molecule has 150 valence electrons. The maximum atomic E-state index is 13.2. The van der Waals surface area contributed by atoms with E-state index in [1.165, 1.54) is 9.13 Å². The van der Waals surface area contributed by atoms with Gasteiger partial charge in [0.1, 0.15) is 6.54 Å². The van der Waals surface area contributed by atoms with E-state index in [0.29, 0.717) is 16.6 Å². The number of nitrogens with zero attached hydrogens (tertiary/aromatic N) is 2. The number of nitrogens with one attached hydrogen (secondary N) is 1. The van der Waals surface area contributed by atoms with Gasteiger partial charge in [-0.15, -0.1) is 0 Å². The monoisotopic (exact) mass is 399 g/mol. The lowest BCUT2D eigenvalue weighted by Gasteiger charge is -2.14. The van der Waals surface area contributed by atoms with Crippen molar-refractivity contribution in [2.45, 2.75) is 20.0 Å². The van der Waals surface area contributed by atoms with Gasteiger partial charge in [-0.2, -0.15) is 0 Å². The lowest BCUT2D eigenvalue weighted by atomic mass is 10.1. The van der Waals surface area contributed by atoms with Crippen LogP contribution in [0.15, 0.2) is 88.5 Å². The molecule has 0 atom stereocenters. The molecule has 6 heteroatoms. The van der Waals surface area contributed by atoms with Crippen LogP contribution in [0.1, 0.15) is 11.1 Å². The molecule has 0 aliphatic carbocycles. The van der Waals surface area contributed by atoms with Crippen molar-refractivity contribution < 1.29 is 4.79 Å². The van der Waals surface area contributed by atoms with Crippen LogP contribution in [0.25, 0.3) is 10.9 Å². The Labute approximate surface area is 173 Å². The minimum absolute atomic E-state index is 0.142. The molecule has 0 bridgehead atoms. The maximum absolute atomic E-state index is 13.2. The van der Waals surface area contributed by atoms with Crippen LogP contribution in [0.2, 0.25) is 0 Å². The number of aromatic nitrogens is 2. The van der Waals surface area contributed by atoms with E-state index in [1.54, 1.807) is 36.4 Å². The number of carbonyl (C=O) groups excluding carboxylic acids is 1. The van der Waals surface area contributed by atoms with Gasteiger partial charge in [-0.1, -0.05) is 60.2 Å². The highest BCUT2D eigenvalue weighted by Gasteiger charge is 2.15. The Balaban J connectivity index is 1.76. The summed E-state index contributed by atoms with van der Waals surface area (Å²) in [6.07, 6.45) is 0. The second-order valence-electron chi connectivity index (χ2n) is 7.18. The zero-order valence-corrected chi connectivity index (χ0v) is 16.5. The Morgan fingerprint density at radius 1 is 0.833 bits per heavy atom. The lowest BCUT2D eigenvalue weighted by Crippen LogP contribution is -2.42. The molecule has 0 saturated carbocycles. The van der Waals surface area contributed by atoms with E-state index < -0.39 is 5.69 Å². The molecule has 30 heavy (non-hydrogen) atoms. The molecule has 0 saturated heterocycles. The van der Waals surface area contributed by atoms with Crippen LogP contribution in [0.3, 0.4) is 0 Å². The van der Waals surface area contributed by atoms with Crippen LogP contribution in [0.4, 0.5) is 5.69 Å². The molecule has 0 aliphatic heterocycles. The van der Waals surface area contributed by atoms with Crippen LogP contribution in [-0.4, -0.2) is 15.0 Å². The van der Waals surface area contributed by atoms with Gasteiger partial charge < -0.3 is 5.32 Å². The standard InChI is InChI=1S/C24H21N3O3/c1-17-11-13-18(14-12-17)15-27-23(29)20-9-5-6-10-21(20)26(24(27)30)16-22(28)25-19-7-3-2-4-8-19/h2-14H,15-16H2,1H3,(H,25,28). The summed E-state index contributed by atoms with van der Waals surface area (Å²) in [5.41, 5.74) is 2.15. The molecule has 0 radical (unpaired) electrons. The van der Waals surface area contributed by atoms with Crippen LogP contribution in [0.5, 0.6) is 0 Å². The number of carbonyl (C=O) groups is 1. The summed E-state index contributed by atoms with van der Waals surface area (Å²) in [6.45, 7) is 1.93. The van der Waals surface area contributed by atoms with E-state index in [4.69, 9.17) is 0 Å². The fraction of sp³-hybridized carbons (Fsp3) is 0.125. The quantitative estimate of drug-likeness (QED) is 0.560. The molecule has 0 spiro atoms. The third-order valence-corrected chi connectivity index (χ3v) is 4.95. The summed E-state index contributed by atoms with van der Waals surface area (Å²) >= 11 is 0. The molecule has 1 heterocycles. The summed E-state index contributed by atoms with van der Waals surface area (Å²) in [5.74, 6) is -0.339. The number of hydrogen-bond donors (Lipinski definition) is 1. The first-order valence-corrected chi connectivity index (χ1v) is 9.66. The molecule has 4 rings (SSSR count). The normalized spacial score (nSPS) is 10.8. The van der Waals surface area contributed by atoms with Crippen molar-refractivity contribution in [3.8, 4) is 0 Å². The van der Waals surface area contributed by atoms with Gasteiger partial charge in [-0.25, -0.2) is 4.79 Å². The fourth-order valence-corrected chi connectivity index (χ4v) is 3.40. The molecule has 0 unspecified atom stereocenters. The van der Waals surface area contributed by atoms with Crippen molar-refractivity contribution in [2.75, 3.05) is 5.32 Å². The Bertz CT molecular complexity index is 1320. The third kappa shape index (κ3) is 3.93. The average Bonchev–Trinajstić information content (AvgIpc) is 2.76. The second-order valence-corrected chi connectivity index (χ2v) is 7.18. The van der Waals surface area contributed by atoms with Crippen molar-refractivity contribution in [1.29, 1.82) is 0 Å². The van der Waals surface area contributed by atoms with E-state index in [-0.39, 0.29) is 24.6 Å². The lowest BCUT2D eigenvalue weighted by molar-refractivity contribution is -0.116. The van der Waals surface area contributed by atoms with Crippen molar-refractivity contribution in [2.24, 2.45) is 0 Å². The highest BCUT2D eigenvalue weighted by molar-refractivity contribution is 5.91. The van der Waals surface area contributed by atoms with Crippen LogP contribution >= 0.6 is 0 Å². The van der Waals surface area contributed by atoms with Gasteiger partial charge in [-0.05, 0) is 36.8 Å². The summed E-state index contributed by atoms with van der Waals surface area (Å²) < 4.78 is 2.53. The minimum Gasteiger partial charge on any atom is -0.325 e. The van der Waals surface area contributed by atoms with Gasteiger partial charge in [0.05, 0.1) is 17.4 Å². The fourth-order valence-electron chi connectivity index (χ4n) is 3.40. The summed E-state index contributed by atoms with van der Waals surface area (Å²) in [6, 6.07) is 23.6. The Morgan fingerprint density at radius 3 is 2.23 bits per heavy atom. The first-order valence-electron chi connectivity index (χ1n) is 9.66. The summed E-state index contributed by atoms with van der Waals surface area (Å²) in [5, 5.41) is 3.19. The number of anilines is 1. The number of fused-ring (bicyclic) bond motifs is 1. The molecule has 1 amide bonds.